The number of aromatic nitrogens is 1. The number of halogens is 1. The first kappa shape index (κ1) is 11.4. The van der Waals surface area contributed by atoms with Crippen LogP contribution in [0.4, 0.5) is 0 Å². The molecule has 0 aliphatic rings. The van der Waals surface area contributed by atoms with Crippen molar-refractivity contribution in [3.05, 3.63) is 28.6 Å². The summed E-state index contributed by atoms with van der Waals surface area (Å²) in [4.78, 5) is 25.5. The van der Waals surface area contributed by atoms with E-state index >= 15 is 0 Å². The minimum absolute atomic E-state index is 0.0386. The lowest BCUT2D eigenvalue weighted by atomic mass is 10.1. The number of carbonyl (C=O) groups is 2. The number of aromatic carboxylic acids is 1. The fourth-order valence-corrected chi connectivity index (χ4v) is 1.64. The summed E-state index contributed by atoms with van der Waals surface area (Å²) in [7, 11) is 0. The molecule has 88 valence electrons. The van der Waals surface area contributed by atoms with Crippen LogP contribution in [0, 0.1) is 0 Å². The Labute approximate surface area is 99.4 Å². The molecular formula is C10H6ClNO5. The van der Waals surface area contributed by atoms with Gasteiger partial charge in [-0.3, -0.25) is 9.78 Å². The van der Waals surface area contributed by atoms with Crippen molar-refractivity contribution in [1.82, 2.24) is 4.98 Å². The molecule has 17 heavy (non-hydrogen) atoms. The molecule has 0 fully saturated rings. The number of carboxylic acids is 2. The maximum Gasteiger partial charge on any atom is 0.372 e. The second-order valence-corrected chi connectivity index (χ2v) is 3.72. The van der Waals surface area contributed by atoms with Gasteiger partial charge in [-0.2, -0.15) is 0 Å². The summed E-state index contributed by atoms with van der Waals surface area (Å²) in [5.41, 5.74) is 0.400. The van der Waals surface area contributed by atoms with E-state index in [1.54, 1.807) is 0 Å². The summed E-state index contributed by atoms with van der Waals surface area (Å²) in [5, 5.41) is 17.9. The van der Waals surface area contributed by atoms with Crippen molar-refractivity contribution >= 4 is 34.6 Å². The zero-order chi connectivity index (χ0) is 12.6. The summed E-state index contributed by atoms with van der Waals surface area (Å²) in [6.45, 7) is 0. The molecule has 0 atom stereocenters. The van der Waals surface area contributed by atoms with Gasteiger partial charge in [0.25, 0.3) is 0 Å². The fraction of sp³-hybridized carbons (Fsp3) is 0.100. The van der Waals surface area contributed by atoms with Gasteiger partial charge in [-0.05, 0) is 0 Å². The van der Waals surface area contributed by atoms with E-state index in [-0.39, 0.29) is 21.7 Å². The second kappa shape index (κ2) is 4.06. The lowest BCUT2D eigenvalue weighted by Crippen LogP contribution is -2.05. The Morgan fingerprint density at radius 2 is 2.12 bits per heavy atom. The molecule has 2 N–H and O–H groups in total. The molecule has 0 aliphatic carbocycles. The number of hydrogen-bond acceptors (Lipinski definition) is 4. The number of fused-ring (bicyclic) bond motifs is 1. The van der Waals surface area contributed by atoms with Crippen LogP contribution in [-0.4, -0.2) is 27.1 Å². The lowest BCUT2D eigenvalue weighted by molar-refractivity contribution is -0.136. The molecule has 0 amide bonds. The average Bonchev–Trinajstić information content (AvgIpc) is 2.55. The van der Waals surface area contributed by atoms with Gasteiger partial charge in [-0.1, -0.05) is 11.6 Å². The maximum absolute atomic E-state index is 10.9. The Kier molecular flexibility index (Phi) is 2.72. The van der Waals surface area contributed by atoms with Gasteiger partial charge < -0.3 is 14.6 Å². The van der Waals surface area contributed by atoms with E-state index in [1.165, 1.54) is 12.3 Å². The Balaban J connectivity index is 2.71. The Morgan fingerprint density at radius 1 is 1.41 bits per heavy atom. The number of carboxylic acid groups (broad SMARTS) is 2. The molecule has 0 radical (unpaired) electrons. The van der Waals surface area contributed by atoms with Crippen molar-refractivity contribution in [3.63, 3.8) is 0 Å². The Morgan fingerprint density at radius 3 is 2.71 bits per heavy atom. The Bertz CT molecular complexity index is 618. The van der Waals surface area contributed by atoms with Crippen molar-refractivity contribution in [3.8, 4) is 0 Å². The predicted molar refractivity (Wildman–Crippen MR) is 57.3 cm³/mol. The van der Waals surface area contributed by atoms with Gasteiger partial charge in [-0.15, -0.1) is 0 Å². The van der Waals surface area contributed by atoms with E-state index in [0.717, 1.165) is 0 Å². The molecule has 0 spiro atoms. The van der Waals surface area contributed by atoms with E-state index in [9.17, 15) is 9.59 Å². The Hall–Kier alpha value is -2.08. The summed E-state index contributed by atoms with van der Waals surface area (Å²) >= 11 is 5.68. The first-order valence-electron chi connectivity index (χ1n) is 4.51. The van der Waals surface area contributed by atoms with Crippen LogP contribution in [0.25, 0.3) is 11.1 Å². The summed E-state index contributed by atoms with van der Waals surface area (Å²) in [6, 6.07) is 1.39. The molecule has 2 aromatic heterocycles. The minimum atomic E-state index is -1.34. The fourth-order valence-electron chi connectivity index (χ4n) is 1.49. The molecule has 7 heteroatoms. The zero-order valence-corrected chi connectivity index (χ0v) is 9.06. The van der Waals surface area contributed by atoms with Crippen LogP contribution >= 0.6 is 11.6 Å². The smallest absolute Gasteiger partial charge is 0.372 e. The molecule has 0 aromatic carbocycles. The third-order valence-electron chi connectivity index (χ3n) is 2.11. The van der Waals surface area contributed by atoms with E-state index in [1.807, 2.05) is 0 Å². The molecule has 0 aliphatic heterocycles. The number of aliphatic carboxylic acids is 1. The van der Waals surface area contributed by atoms with Crippen LogP contribution in [0.5, 0.6) is 0 Å². The molecule has 0 unspecified atom stereocenters. The number of hydrogen-bond donors (Lipinski definition) is 2. The number of furan rings is 1. The van der Waals surface area contributed by atoms with Gasteiger partial charge in [-0.25, -0.2) is 4.79 Å². The summed E-state index contributed by atoms with van der Waals surface area (Å²) < 4.78 is 5.03. The van der Waals surface area contributed by atoms with E-state index in [2.05, 4.69) is 4.98 Å². The maximum atomic E-state index is 10.9. The van der Waals surface area contributed by atoms with Crippen LogP contribution in [0.2, 0.25) is 5.02 Å². The molecule has 6 nitrogen and oxygen atoms in total. The molecule has 2 rings (SSSR count). The molecule has 2 heterocycles. The van der Waals surface area contributed by atoms with Gasteiger partial charge in [0.2, 0.25) is 5.76 Å². The second-order valence-electron chi connectivity index (χ2n) is 3.29. The first-order valence-corrected chi connectivity index (χ1v) is 4.89. The van der Waals surface area contributed by atoms with Crippen LogP contribution in [-0.2, 0) is 11.2 Å². The van der Waals surface area contributed by atoms with Crippen molar-refractivity contribution in [2.24, 2.45) is 0 Å². The highest BCUT2D eigenvalue weighted by Gasteiger charge is 2.22. The molecule has 0 saturated heterocycles. The summed E-state index contributed by atoms with van der Waals surface area (Å²) in [5.74, 6) is -2.92. The highest BCUT2D eigenvalue weighted by atomic mass is 35.5. The van der Waals surface area contributed by atoms with Crippen molar-refractivity contribution in [2.75, 3.05) is 0 Å². The monoisotopic (exact) mass is 255 g/mol. The highest BCUT2D eigenvalue weighted by Crippen LogP contribution is 2.26. The SMILES string of the molecule is O=C(O)Cc1c(C(=O)O)oc2cc(Cl)cnc12. The van der Waals surface area contributed by atoms with Crippen LogP contribution in [0.15, 0.2) is 16.7 Å². The molecule has 0 saturated carbocycles. The molecule has 2 aromatic rings. The number of pyridine rings is 1. The average molecular weight is 256 g/mol. The van der Waals surface area contributed by atoms with Gasteiger partial charge >= 0.3 is 11.9 Å². The van der Waals surface area contributed by atoms with Gasteiger partial charge in [0.1, 0.15) is 5.52 Å². The third-order valence-corrected chi connectivity index (χ3v) is 2.32. The topological polar surface area (TPSA) is 101 Å². The van der Waals surface area contributed by atoms with Crippen molar-refractivity contribution in [1.29, 1.82) is 0 Å². The van der Waals surface area contributed by atoms with E-state index < -0.39 is 24.1 Å². The normalized spacial score (nSPS) is 10.6. The van der Waals surface area contributed by atoms with Crippen LogP contribution < -0.4 is 0 Å². The largest absolute Gasteiger partial charge is 0.481 e. The third kappa shape index (κ3) is 2.07. The van der Waals surface area contributed by atoms with Gasteiger partial charge in [0.15, 0.2) is 5.58 Å². The quantitative estimate of drug-likeness (QED) is 0.867. The first-order chi connectivity index (χ1) is 7.99. The predicted octanol–water partition coefficient (Wildman–Crippen LogP) is 1.81. The number of nitrogens with zero attached hydrogens (tertiary/aromatic N) is 1. The van der Waals surface area contributed by atoms with Crippen LogP contribution in [0.3, 0.4) is 0 Å². The van der Waals surface area contributed by atoms with Crippen molar-refractivity contribution < 1.29 is 24.2 Å². The van der Waals surface area contributed by atoms with E-state index in [4.69, 9.17) is 26.2 Å². The number of rotatable bonds is 3. The molecular weight excluding hydrogens is 250 g/mol. The van der Waals surface area contributed by atoms with Gasteiger partial charge in [0.05, 0.1) is 11.4 Å². The lowest BCUT2D eigenvalue weighted by Gasteiger charge is -1.94. The summed E-state index contributed by atoms with van der Waals surface area (Å²) in [6.07, 6.45) is 0.833. The molecule has 0 bridgehead atoms. The standard InChI is InChI=1S/C10H6ClNO5/c11-4-1-6-8(12-3-4)5(2-7(13)14)9(17-6)10(15)16/h1,3H,2H2,(H,13,14)(H,15,16). The van der Waals surface area contributed by atoms with E-state index in [0.29, 0.717) is 0 Å². The van der Waals surface area contributed by atoms with Gasteiger partial charge in [0, 0.05) is 17.8 Å². The zero-order valence-electron chi connectivity index (χ0n) is 8.31. The minimum Gasteiger partial charge on any atom is -0.481 e. The van der Waals surface area contributed by atoms with Crippen molar-refractivity contribution in [2.45, 2.75) is 6.42 Å². The highest BCUT2D eigenvalue weighted by molar-refractivity contribution is 6.31. The van der Waals surface area contributed by atoms with Crippen LogP contribution in [0.1, 0.15) is 16.1 Å².